The van der Waals surface area contributed by atoms with E-state index in [0.717, 1.165) is 23.9 Å². The van der Waals surface area contributed by atoms with E-state index in [4.69, 9.17) is 0 Å². The molecule has 0 saturated carbocycles. The summed E-state index contributed by atoms with van der Waals surface area (Å²) in [7, 11) is 2.00. The predicted molar refractivity (Wildman–Crippen MR) is 86.8 cm³/mol. The van der Waals surface area contributed by atoms with Gasteiger partial charge in [0.15, 0.2) is 0 Å². The van der Waals surface area contributed by atoms with Gasteiger partial charge in [0.25, 0.3) is 0 Å². The molecule has 0 fully saturated rings. The van der Waals surface area contributed by atoms with Crippen LogP contribution in [0.3, 0.4) is 0 Å². The average molecular weight is 336 g/mol. The third-order valence-corrected chi connectivity index (χ3v) is 4.17. The monoisotopic (exact) mass is 335 g/mol. The number of benzene rings is 1. The fourth-order valence-corrected chi connectivity index (χ4v) is 2.92. The summed E-state index contributed by atoms with van der Waals surface area (Å²) in [5.41, 5.74) is 3.99. The summed E-state index contributed by atoms with van der Waals surface area (Å²) < 4.78 is 3.10. The lowest BCUT2D eigenvalue weighted by Gasteiger charge is -2.21. The molecular weight excluding hydrogens is 314 g/mol. The zero-order chi connectivity index (χ0) is 14.5. The van der Waals surface area contributed by atoms with Crippen molar-refractivity contribution in [1.82, 2.24) is 15.1 Å². The van der Waals surface area contributed by atoms with E-state index in [1.807, 2.05) is 17.9 Å². The number of halogens is 1. The molecule has 0 spiro atoms. The van der Waals surface area contributed by atoms with Crippen LogP contribution < -0.4 is 5.32 Å². The molecule has 0 aliphatic heterocycles. The van der Waals surface area contributed by atoms with Crippen molar-refractivity contribution in [1.29, 1.82) is 0 Å². The van der Waals surface area contributed by atoms with Gasteiger partial charge in [0.1, 0.15) is 0 Å². The van der Waals surface area contributed by atoms with Crippen LogP contribution >= 0.6 is 15.9 Å². The lowest BCUT2D eigenvalue weighted by Crippen LogP contribution is -2.22. The van der Waals surface area contributed by atoms with E-state index in [-0.39, 0.29) is 0 Å². The Morgan fingerprint density at radius 1 is 1.35 bits per heavy atom. The first kappa shape index (κ1) is 15.3. The number of aromatic nitrogens is 2. The first-order chi connectivity index (χ1) is 9.61. The standard InChI is InChI=1S/C16H22BrN3/c1-4-18-16(8-7-14-9-10-19-20(14)3)15-11-13(17)6-5-12(15)2/h5-6,9-11,16,18H,4,7-8H2,1-3H3. The SMILES string of the molecule is CCNC(CCc1ccnn1C)c1cc(Br)ccc1C. The van der Waals surface area contributed by atoms with Crippen LogP contribution in [0.5, 0.6) is 0 Å². The molecule has 1 heterocycles. The second kappa shape index (κ2) is 7.04. The normalized spacial score (nSPS) is 12.6. The molecule has 1 atom stereocenters. The molecule has 1 unspecified atom stereocenters. The number of rotatable bonds is 6. The summed E-state index contributed by atoms with van der Waals surface area (Å²) in [5.74, 6) is 0. The van der Waals surface area contributed by atoms with Crippen LogP contribution in [-0.2, 0) is 13.5 Å². The fourth-order valence-electron chi connectivity index (χ4n) is 2.54. The van der Waals surface area contributed by atoms with Gasteiger partial charge in [-0.1, -0.05) is 28.9 Å². The van der Waals surface area contributed by atoms with Crippen molar-refractivity contribution in [3.8, 4) is 0 Å². The number of hydrogen-bond donors (Lipinski definition) is 1. The Bertz CT molecular complexity index is 563. The third kappa shape index (κ3) is 3.70. The van der Waals surface area contributed by atoms with Crippen molar-refractivity contribution in [3.63, 3.8) is 0 Å². The number of nitrogens with one attached hydrogen (secondary N) is 1. The van der Waals surface area contributed by atoms with Crippen molar-refractivity contribution >= 4 is 15.9 Å². The van der Waals surface area contributed by atoms with Crippen molar-refractivity contribution in [3.05, 3.63) is 51.8 Å². The fraction of sp³-hybridized carbons (Fsp3) is 0.438. The maximum absolute atomic E-state index is 4.23. The molecule has 0 radical (unpaired) electrons. The van der Waals surface area contributed by atoms with Gasteiger partial charge >= 0.3 is 0 Å². The molecule has 108 valence electrons. The Morgan fingerprint density at radius 3 is 2.80 bits per heavy atom. The molecule has 20 heavy (non-hydrogen) atoms. The molecule has 1 N–H and O–H groups in total. The van der Waals surface area contributed by atoms with Crippen molar-refractivity contribution in [2.24, 2.45) is 7.05 Å². The number of nitrogens with zero attached hydrogens (tertiary/aromatic N) is 2. The van der Waals surface area contributed by atoms with E-state index in [0.29, 0.717) is 6.04 Å². The maximum atomic E-state index is 4.23. The van der Waals surface area contributed by atoms with Gasteiger partial charge in [0.2, 0.25) is 0 Å². The molecule has 3 nitrogen and oxygen atoms in total. The summed E-state index contributed by atoms with van der Waals surface area (Å²) in [6.45, 7) is 5.31. The Balaban J connectivity index is 2.14. The van der Waals surface area contributed by atoms with E-state index in [2.05, 4.69) is 64.5 Å². The highest BCUT2D eigenvalue weighted by Crippen LogP contribution is 2.25. The largest absolute Gasteiger partial charge is 0.310 e. The Morgan fingerprint density at radius 2 is 2.15 bits per heavy atom. The highest BCUT2D eigenvalue weighted by molar-refractivity contribution is 9.10. The number of aryl methyl sites for hydroxylation is 3. The van der Waals surface area contributed by atoms with Gasteiger partial charge in [-0.2, -0.15) is 5.10 Å². The minimum absolute atomic E-state index is 0.382. The quantitative estimate of drug-likeness (QED) is 0.870. The van der Waals surface area contributed by atoms with Crippen molar-refractivity contribution in [2.75, 3.05) is 6.54 Å². The van der Waals surface area contributed by atoms with Crippen LogP contribution in [0.1, 0.15) is 36.2 Å². The minimum Gasteiger partial charge on any atom is -0.310 e. The first-order valence-corrected chi connectivity index (χ1v) is 7.87. The summed E-state index contributed by atoms with van der Waals surface area (Å²) in [6, 6.07) is 8.98. The van der Waals surface area contributed by atoms with E-state index in [9.17, 15) is 0 Å². The molecule has 0 aliphatic rings. The molecule has 4 heteroatoms. The molecule has 2 rings (SSSR count). The Hall–Kier alpha value is -1.13. The second-order valence-electron chi connectivity index (χ2n) is 5.10. The molecule has 1 aromatic carbocycles. The van der Waals surface area contributed by atoms with Gasteiger partial charge in [0.05, 0.1) is 0 Å². The third-order valence-electron chi connectivity index (χ3n) is 3.68. The highest BCUT2D eigenvalue weighted by atomic mass is 79.9. The van der Waals surface area contributed by atoms with Crippen LogP contribution in [0, 0.1) is 6.92 Å². The van der Waals surface area contributed by atoms with Crippen molar-refractivity contribution < 1.29 is 0 Å². The summed E-state index contributed by atoms with van der Waals surface area (Å²) in [4.78, 5) is 0. The van der Waals surface area contributed by atoms with Crippen LogP contribution in [0.2, 0.25) is 0 Å². The summed E-state index contributed by atoms with van der Waals surface area (Å²) >= 11 is 3.58. The molecule has 2 aromatic rings. The van der Waals surface area contributed by atoms with Gasteiger partial charge < -0.3 is 5.32 Å². The van der Waals surface area contributed by atoms with E-state index >= 15 is 0 Å². The zero-order valence-electron chi connectivity index (χ0n) is 12.4. The van der Waals surface area contributed by atoms with Crippen LogP contribution in [0.25, 0.3) is 0 Å². The van der Waals surface area contributed by atoms with E-state index in [1.165, 1.54) is 16.8 Å². The predicted octanol–water partition coefficient (Wildman–Crippen LogP) is 3.77. The van der Waals surface area contributed by atoms with Crippen LogP contribution in [0.4, 0.5) is 0 Å². The van der Waals surface area contributed by atoms with Gasteiger partial charge in [-0.3, -0.25) is 4.68 Å². The minimum atomic E-state index is 0.382. The average Bonchev–Trinajstić information content (AvgIpc) is 2.83. The van der Waals surface area contributed by atoms with E-state index < -0.39 is 0 Å². The molecule has 0 saturated heterocycles. The van der Waals surface area contributed by atoms with Gasteiger partial charge in [-0.15, -0.1) is 0 Å². The molecule has 1 aromatic heterocycles. The smallest absolute Gasteiger partial charge is 0.0492 e. The Kier molecular flexibility index (Phi) is 5.38. The first-order valence-electron chi connectivity index (χ1n) is 7.08. The summed E-state index contributed by atoms with van der Waals surface area (Å²) in [5, 5.41) is 7.83. The molecule has 0 bridgehead atoms. The van der Waals surface area contributed by atoms with Gasteiger partial charge in [-0.05, 0) is 55.6 Å². The van der Waals surface area contributed by atoms with Gasteiger partial charge in [-0.25, -0.2) is 0 Å². The Labute approximate surface area is 129 Å². The zero-order valence-corrected chi connectivity index (χ0v) is 13.9. The van der Waals surface area contributed by atoms with Crippen LogP contribution in [-0.4, -0.2) is 16.3 Å². The topological polar surface area (TPSA) is 29.9 Å². The van der Waals surface area contributed by atoms with Crippen molar-refractivity contribution in [2.45, 2.75) is 32.7 Å². The van der Waals surface area contributed by atoms with Crippen LogP contribution in [0.15, 0.2) is 34.9 Å². The lowest BCUT2D eigenvalue weighted by atomic mass is 9.97. The number of hydrogen-bond acceptors (Lipinski definition) is 2. The molecule has 0 amide bonds. The van der Waals surface area contributed by atoms with Gasteiger partial charge in [0, 0.05) is 29.5 Å². The summed E-state index contributed by atoms with van der Waals surface area (Å²) in [6.07, 6.45) is 3.97. The molecular formula is C16H22BrN3. The maximum Gasteiger partial charge on any atom is 0.0492 e. The molecule has 0 aliphatic carbocycles. The van der Waals surface area contributed by atoms with E-state index in [1.54, 1.807) is 0 Å². The lowest BCUT2D eigenvalue weighted by molar-refractivity contribution is 0.504. The highest BCUT2D eigenvalue weighted by Gasteiger charge is 2.14. The second-order valence-corrected chi connectivity index (χ2v) is 6.01.